The highest BCUT2D eigenvalue weighted by molar-refractivity contribution is 7.99. The summed E-state index contributed by atoms with van der Waals surface area (Å²) in [5, 5.41) is 3.65. The number of amides is 1. The Morgan fingerprint density at radius 1 is 1.21 bits per heavy atom. The zero-order chi connectivity index (χ0) is 17.4. The lowest BCUT2D eigenvalue weighted by molar-refractivity contribution is -0.116. The molecule has 0 atom stereocenters. The standard InChI is InChI=1S/C19H22ClNO2S/c1-14(2)23-17-6-3-5-16(13-17)21-19(22)7-4-12-24-18-10-8-15(20)9-11-18/h3,5-6,8-11,13-14H,4,7,12H2,1-2H3,(H,21,22). The predicted molar refractivity (Wildman–Crippen MR) is 102 cm³/mol. The summed E-state index contributed by atoms with van der Waals surface area (Å²) >= 11 is 7.59. The number of rotatable bonds is 8. The highest BCUT2D eigenvalue weighted by Gasteiger charge is 2.05. The van der Waals surface area contributed by atoms with Crippen LogP contribution in [0.25, 0.3) is 0 Å². The first-order valence-corrected chi connectivity index (χ1v) is 9.34. The van der Waals surface area contributed by atoms with Crippen LogP contribution in [0.4, 0.5) is 5.69 Å². The fourth-order valence-electron chi connectivity index (χ4n) is 2.10. The number of ether oxygens (including phenoxy) is 1. The van der Waals surface area contributed by atoms with Crippen molar-refractivity contribution in [3.63, 3.8) is 0 Å². The average molecular weight is 364 g/mol. The maximum Gasteiger partial charge on any atom is 0.224 e. The summed E-state index contributed by atoms with van der Waals surface area (Å²) in [5.74, 6) is 1.68. The van der Waals surface area contributed by atoms with Crippen LogP contribution in [0, 0.1) is 0 Å². The number of nitrogens with one attached hydrogen (secondary N) is 1. The minimum Gasteiger partial charge on any atom is -0.491 e. The molecule has 0 spiro atoms. The van der Waals surface area contributed by atoms with Crippen molar-refractivity contribution in [1.29, 1.82) is 0 Å². The summed E-state index contributed by atoms with van der Waals surface area (Å²) in [6.07, 6.45) is 1.43. The van der Waals surface area contributed by atoms with E-state index in [4.69, 9.17) is 16.3 Å². The molecule has 1 amide bonds. The summed E-state index contributed by atoms with van der Waals surface area (Å²) in [4.78, 5) is 13.2. The third-order valence-electron chi connectivity index (χ3n) is 3.12. The van der Waals surface area contributed by atoms with Gasteiger partial charge in [0.1, 0.15) is 5.75 Å². The van der Waals surface area contributed by atoms with Crippen LogP contribution in [-0.2, 0) is 4.79 Å². The van der Waals surface area contributed by atoms with E-state index in [0.717, 1.165) is 28.6 Å². The van der Waals surface area contributed by atoms with Crippen molar-refractivity contribution in [3.8, 4) is 5.75 Å². The molecule has 0 aliphatic heterocycles. The lowest BCUT2D eigenvalue weighted by atomic mass is 10.2. The topological polar surface area (TPSA) is 38.3 Å². The Balaban J connectivity index is 1.72. The van der Waals surface area contributed by atoms with E-state index >= 15 is 0 Å². The molecule has 0 aromatic heterocycles. The lowest BCUT2D eigenvalue weighted by Gasteiger charge is -2.11. The van der Waals surface area contributed by atoms with Gasteiger partial charge in [-0.15, -0.1) is 11.8 Å². The van der Waals surface area contributed by atoms with Crippen LogP contribution in [-0.4, -0.2) is 17.8 Å². The number of carbonyl (C=O) groups is 1. The van der Waals surface area contributed by atoms with Gasteiger partial charge in [0, 0.05) is 28.1 Å². The highest BCUT2D eigenvalue weighted by atomic mass is 35.5. The fraction of sp³-hybridized carbons (Fsp3) is 0.316. The monoisotopic (exact) mass is 363 g/mol. The van der Waals surface area contributed by atoms with E-state index in [9.17, 15) is 4.79 Å². The van der Waals surface area contributed by atoms with Gasteiger partial charge in [0.05, 0.1) is 6.10 Å². The quantitative estimate of drug-likeness (QED) is 0.487. The van der Waals surface area contributed by atoms with Crippen molar-refractivity contribution in [1.82, 2.24) is 0 Å². The Labute approximate surface area is 152 Å². The number of hydrogen-bond acceptors (Lipinski definition) is 3. The van der Waals surface area contributed by atoms with Crippen molar-refractivity contribution < 1.29 is 9.53 Å². The van der Waals surface area contributed by atoms with Crippen LogP contribution >= 0.6 is 23.4 Å². The van der Waals surface area contributed by atoms with Crippen LogP contribution in [0.3, 0.4) is 0 Å². The molecule has 0 radical (unpaired) electrons. The van der Waals surface area contributed by atoms with Gasteiger partial charge in [-0.05, 0) is 62.4 Å². The zero-order valence-electron chi connectivity index (χ0n) is 13.9. The van der Waals surface area contributed by atoms with E-state index < -0.39 is 0 Å². The van der Waals surface area contributed by atoms with Gasteiger partial charge in [0.2, 0.25) is 5.91 Å². The molecule has 128 valence electrons. The Morgan fingerprint density at radius 2 is 1.96 bits per heavy atom. The van der Waals surface area contributed by atoms with Gasteiger partial charge in [0.25, 0.3) is 0 Å². The van der Waals surface area contributed by atoms with Crippen molar-refractivity contribution in [2.24, 2.45) is 0 Å². The first-order chi connectivity index (χ1) is 11.5. The van der Waals surface area contributed by atoms with E-state index in [1.54, 1.807) is 11.8 Å². The summed E-state index contributed by atoms with van der Waals surface area (Å²) < 4.78 is 5.63. The molecule has 0 fully saturated rings. The van der Waals surface area contributed by atoms with Gasteiger partial charge < -0.3 is 10.1 Å². The molecule has 0 unspecified atom stereocenters. The van der Waals surface area contributed by atoms with Crippen LogP contribution in [0.1, 0.15) is 26.7 Å². The molecule has 2 aromatic rings. The van der Waals surface area contributed by atoms with Crippen molar-refractivity contribution in [2.75, 3.05) is 11.1 Å². The van der Waals surface area contributed by atoms with Crippen molar-refractivity contribution in [2.45, 2.75) is 37.7 Å². The molecular formula is C19H22ClNO2S. The maximum atomic E-state index is 12.0. The Kier molecular flexibility index (Phi) is 7.47. The third-order valence-corrected chi connectivity index (χ3v) is 4.47. The molecule has 0 heterocycles. The Morgan fingerprint density at radius 3 is 2.67 bits per heavy atom. The van der Waals surface area contributed by atoms with E-state index in [1.165, 1.54) is 4.90 Å². The predicted octanol–water partition coefficient (Wildman–Crippen LogP) is 5.64. The number of benzene rings is 2. The molecule has 2 rings (SSSR count). The third kappa shape index (κ3) is 6.85. The second kappa shape index (κ2) is 9.60. The molecule has 24 heavy (non-hydrogen) atoms. The van der Waals surface area contributed by atoms with E-state index in [-0.39, 0.29) is 12.0 Å². The molecule has 3 nitrogen and oxygen atoms in total. The first-order valence-electron chi connectivity index (χ1n) is 7.98. The summed E-state index contributed by atoms with van der Waals surface area (Å²) in [6.45, 7) is 3.95. The Bertz CT molecular complexity index is 659. The van der Waals surface area contributed by atoms with Crippen LogP contribution in [0.2, 0.25) is 5.02 Å². The van der Waals surface area contributed by atoms with Crippen LogP contribution in [0.15, 0.2) is 53.4 Å². The minimum atomic E-state index is 0.0217. The number of thioether (sulfide) groups is 1. The van der Waals surface area contributed by atoms with E-state index in [0.29, 0.717) is 6.42 Å². The second-order valence-electron chi connectivity index (χ2n) is 5.65. The molecule has 1 N–H and O–H groups in total. The minimum absolute atomic E-state index is 0.0217. The molecule has 2 aromatic carbocycles. The zero-order valence-corrected chi connectivity index (χ0v) is 15.5. The molecule has 0 aliphatic rings. The highest BCUT2D eigenvalue weighted by Crippen LogP contribution is 2.22. The Hall–Kier alpha value is -1.65. The molecule has 0 saturated heterocycles. The number of halogens is 1. The van der Waals surface area contributed by atoms with E-state index in [2.05, 4.69) is 5.32 Å². The molecule has 0 bridgehead atoms. The largest absolute Gasteiger partial charge is 0.491 e. The summed E-state index contributed by atoms with van der Waals surface area (Å²) in [6, 6.07) is 15.2. The SMILES string of the molecule is CC(C)Oc1cccc(NC(=O)CCCSc2ccc(Cl)cc2)c1. The van der Waals surface area contributed by atoms with Crippen LogP contribution in [0.5, 0.6) is 5.75 Å². The number of carbonyl (C=O) groups excluding carboxylic acids is 1. The summed E-state index contributed by atoms with van der Waals surface area (Å²) in [7, 11) is 0. The first kappa shape index (κ1) is 18.7. The van der Waals surface area contributed by atoms with Crippen molar-refractivity contribution in [3.05, 3.63) is 53.6 Å². The normalized spacial score (nSPS) is 10.7. The van der Waals surface area contributed by atoms with Crippen molar-refractivity contribution >= 4 is 35.0 Å². The smallest absolute Gasteiger partial charge is 0.224 e. The molecule has 0 saturated carbocycles. The molecule has 0 aliphatic carbocycles. The molecular weight excluding hydrogens is 342 g/mol. The van der Waals surface area contributed by atoms with Gasteiger partial charge in [-0.1, -0.05) is 17.7 Å². The second-order valence-corrected chi connectivity index (χ2v) is 7.25. The number of hydrogen-bond donors (Lipinski definition) is 1. The van der Waals surface area contributed by atoms with Gasteiger partial charge in [0.15, 0.2) is 0 Å². The van der Waals surface area contributed by atoms with Gasteiger partial charge in [-0.3, -0.25) is 4.79 Å². The van der Waals surface area contributed by atoms with Gasteiger partial charge >= 0.3 is 0 Å². The fourth-order valence-corrected chi connectivity index (χ4v) is 3.08. The van der Waals surface area contributed by atoms with E-state index in [1.807, 2.05) is 62.4 Å². The summed E-state index contributed by atoms with van der Waals surface area (Å²) in [5.41, 5.74) is 0.767. The maximum absolute atomic E-state index is 12.0. The average Bonchev–Trinajstić information content (AvgIpc) is 2.53. The van der Waals surface area contributed by atoms with Gasteiger partial charge in [-0.25, -0.2) is 0 Å². The van der Waals surface area contributed by atoms with Gasteiger partial charge in [-0.2, -0.15) is 0 Å². The molecule has 5 heteroatoms. The van der Waals surface area contributed by atoms with Crippen LogP contribution < -0.4 is 10.1 Å². The number of anilines is 1. The lowest BCUT2D eigenvalue weighted by Crippen LogP contribution is -2.12.